The van der Waals surface area contributed by atoms with E-state index in [1.165, 1.54) is 5.56 Å². The fraction of sp³-hybridized carbons (Fsp3) is 0.333. The molecule has 1 aliphatic heterocycles. The minimum Gasteiger partial charge on any atom is -0.487 e. The fourth-order valence-electron chi connectivity index (χ4n) is 2.44. The van der Waals surface area contributed by atoms with Crippen molar-refractivity contribution in [2.45, 2.75) is 32.4 Å². The smallest absolute Gasteiger partial charge is 0.224 e. The van der Waals surface area contributed by atoms with Crippen LogP contribution < -0.4 is 10.1 Å². The zero-order valence-corrected chi connectivity index (χ0v) is 12.2. The number of para-hydroxylation sites is 1. The van der Waals surface area contributed by atoms with Crippen molar-refractivity contribution >= 4 is 17.4 Å². The molecular formula is C15H16ClN3O. The summed E-state index contributed by atoms with van der Waals surface area (Å²) in [4.78, 5) is 7.97. The predicted octanol–water partition coefficient (Wildman–Crippen LogP) is 3.46. The van der Waals surface area contributed by atoms with Crippen LogP contribution in [0.4, 0.5) is 5.82 Å². The Morgan fingerprint density at radius 1 is 1.35 bits per heavy atom. The summed E-state index contributed by atoms with van der Waals surface area (Å²) in [6.45, 7) is 4.86. The Bertz CT molecular complexity index is 643. The Kier molecular flexibility index (Phi) is 3.26. The molecule has 0 radical (unpaired) electrons. The van der Waals surface area contributed by atoms with Gasteiger partial charge in [0.2, 0.25) is 5.28 Å². The van der Waals surface area contributed by atoms with Gasteiger partial charge in [0.05, 0.1) is 0 Å². The molecule has 0 fully saturated rings. The first kappa shape index (κ1) is 13.2. The quantitative estimate of drug-likeness (QED) is 0.879. The fourth-order valence-corrected chi connectivity index (χ4v) is 2.59. The van der Waals surface area contributed by atoms with Gasteiger partial charge in [-0.2, -0.15) is 0 Å². The number of rotatable bonds is 3. The van der Waals surface area contributed by atoms with Crippen molar-refractivity contribution in [2.24, 2.45) is 0 Å². The largest absolute Gasteiger partial charge is 0.487 e. The van der Waals surface area contributed by atoms with Crippen molar-refractivity contribution in [3.63, 3.8) is 0 Å². The minimum atomic E-state index is -0.128. The summed E-state index contributed by atoms with van der Waals surface area (Å²) in [6.07, 6.45) is 2.57. The molecule has 0 saturated heterocycles. The van der Waals surface area contributed by atoms with Crippen molar-refractivity contribution in [3.8, 4) is 5.75 Å². The van der Waals surface area contributed by atoms with Gasteiger partial charge >= 0.3 is 0 Å². The normalized spacial score (nSPS) is 15.6. The minimum absolute atomic E-state index is 0.128. The van der Waals surface area contributed by atoms with Crippen LogP contribution in [0.15, 0.2) is 30.5 Å². The van der Waals surface area contributed by atoms with Crippen LogP contribution in [-0.2, 0) is 13.0 Å². The highest BCUT2D eigenvalue weighted by molar-refractivity contribution is 6.28. The number of nitrogens with zero attached hydrogens (tertiary/aromatic N) is 2. The first-order valence-electron chi connectivity index (χ1n) is 6.56. The second-order valence-electron chi connectivity index (χ2n) is 5.51. The van der Waals surface area contributed by atoms with Crippen molar-refractivity contribution in [3.05, 3.63) is 46.9 Å². The third-order valence-electron chi connectivity index (χ3n) is 3.26. The van der Waals surface area contributed by atoms with E-state index in [-0.39, 0.29) is 10.9 Å². The molecule has 0 amide bonds. The molecule has 1 N–H and O–H groups in total. The number of anilines is 1. The Hall–Kier alpha value is -1.81. The maximum absolute atomic E-state index is 6.04. The van der Waals surface area contributed by atoms with E-state index < -0.39 is 0 Å². The molecule has 0 unspecified atom stereocenters. The molecule has 1 aromatic heterocycles. The molecule has 2 heterocycles. The first-order chi connectivity index (χ1) is 9.53. The Morgan fingerprint density at radius 2 is 2.20 bits per heavy atom. The maximum Gasteiger partial charge on any atom is 0.224 e. The lowest BCUT2D eigenvalue weighted by Gasteiger charge is -2.18. The van der Waals surface area contributed by atoms with Gasteiger partial charge < -0.3 is 10.1 Å². The Labute approximate surface area is 123 Å². The lowest BCUT2D eigenvalue weighted by Crippen LogP contribution is -2.25. The average molecular weight is 290 g/mol. The van der Waals surface area contributed by atoms with Crippen LogP contribution in [0.25, 0.3) is 0 Å². The number of nitrogens with one attached hydrogen (secondary N) is 1. The van der Waals surface area contributed by atoms with E-state index in [0.717, 1.165) is 17.7 Å². The molecule has 0 spiro atoms. The van der Waals surface area contributed by atoms with Crippen LogP contribution in [0.2, 0.25) is 5.28 Å². The zero-order chi connectivity index (χ0) is 14.2. The molecule has 5 heteroatoms. The lowest BCUT2D eigenvalue weighted by atomic mass is 10.0. The van der Waals surface area contributed by atoms with E-state index >= 15 is 0 Å². The van der Waals surface area contributed by atoms with Crippen LogP contribution >= 0.6 is 11.6 Å². The maximum atomic E-state index is 6.04. The number of hydrogen-bond donors (Lipinski definition) is 1. The number of ether oxygens (including phenoxy) is 1. The number of fused-ring (bicyclic) bond motifs is 1. The van der Waals surface area contributed by atoms with E-state index in [0.29, 0.717) is 12.4 Å². The van der Waals surface area contributed by atoms with Crippen molar-refractivity contribution in [1.29, 1.82) is 0 Å². The number of halogens is 1. The van der Waals surface area contributed by atoms with Gasteiger partial charge in [-0.05, 0) is 37.1 Å². The summed E-state index contributed by atoms with van der Waals surface area (Å²) in [5.41, 5.74) is 2.26. The summed E-state index contributed by atoms with van der Waals surface area (Å²) in [5, 5.41) is 3.48. The summed E-state index contributed by atoms with van der Waals surface area (Å²) in [5.74, 6) is 1.70. The highest BCUT2D eigenvalue weighted by Gasteiger charge is 2.31. The first-order valence-corrected chi connectivity index (χ1v) is 6.93. The van der Waals surface area contributed by atoms with E-state index in [9.17, 15) is 0 Å². The van der Waals surface area contributed by atoms with Gasteiger partial charge in [0, 0.05) is 24.7 Å². The molecule has 0 aliphatic carbocycles. The molecule has 4 nitrogen and oxygen atoms in total. The number of aromatic nitrogens is 2. The average Bonchev–Trinajstić information content (AvgIpc) is 2.71. The van der Waals surface area contributed by atoms with Gasteiger partial charge in [-0.25, -0.2) is 9.97 Å². The van der Waals surface area contributed by atoms with Crippen LogP contribution in [-0.4, -0.2) is 15.6 Å². The molecule has 0 saturated carbocycles. The zero-order valence-electron chi connectivity index (χ0n) is 11.5. The molecule has 1 aliphatic rings. The van der Waals surface area contributed by atoms with Crippen LogP contribution in [0.5, 0.6) is 5.75 Å². The monoisotopic (exact) mass is 289 g/mol. The topological polar surface area (TPSA) is 47.0 Å². The van der Waals surface area contributed by atoms with Gasteiger partial charge in [-0.3, -0.25) is 0 Å². The number of hydrogen-bond acceptors (Lipinski definition) is 4. The second kappa shape index (κ2) is 4.94. The van der Waals surface area contributed by atoms with Crippen molar-refractivity contribution in [2.75, 3.05) is 5.32 Å². The third kappa shape index (κ3) is 2.70. The lowest BCUT2D eigenvalue weighted by molar-refractivity contribution is 0.137. The highest BCUT2D eigenvalue weighted by atomic mass is 35.5. The molecule has 2 aromatic rings. The summed E-state index contributed by atoms with van der Waals surface area (Å²) in [7, 11) is 0. The molecule has 0 atom stereocenters. The molecule has 3 rings (SSSR count). The summed E-state index contributed by atoms with van der Waals surface area (Å²) < 4.78 is 6.04. The van der Waals surface area contributed by atoms with Gasteiger partial charge in [-0.15, -0.1) is 0 Å². The van der Waals surface area contributed by atoms with Gasteiger partial charge in [0.15, 0.2) is 0 Å². The van der Waals surface area contributed by atoms with Crippen molar-refractivity contribution < 1.29 is 4.74 Å². The molecule has 1 aromatic carbocycles. The van der Waals surface area contributed by atoms with E-state index in [1.54, 1.807) is 12.3 Å². The Morgan fingerprint density at radius 3 is 3.00 bits per heavy atom. The van der Waals surface area contributed by atoms with Crippen LogP contribution in [0.1, 0.15) is 25.0 Å². The molecule has 104 valence electrons. The van der Waals surface area contributed by atoms with E-state index in [4.69, 9.17) is 16.3 Å². The Balaban J connectivity index is 1.78. The van der Waals surface area contributed by atoms with Crippen molar-refractivity contribution in [1.82, 2.24) is 9.97 Å². The van der Waals surface area contributed by atoms with Crippen LogP contribution in [0, 0.1) is 0 Å². The standard InChI is InChI=1S/C15H16ClN3O/c1-15(2)8-10-4-3-5-11(13(10)20-15)9-18-12-6-7-17-14(16)19-12/h3-7H,8-9H2,1-2H3,(H,17,18,19). The molecule has 0 bridgehead atoms. The van der Waals surface area contributed by atoms with E-state index in [2.05, 4.69) is 47.3 Å². The summed E-state index contributed by atoms with van der Waals surface area (Å²) in [6, 6.07) is 8.04. The van der Waals surface area contributed by atoms with Gasteiger partial charge in [0.25, 0.3) is 0 Å². The second-order valence-corrected chi connectivity index (χ2v) is 5.85. The van der Waals surface area contributed by atoms with Gasteiger partial charge in [-0.1, -0.05) is 18.2 Å². The van der Waals surface area contributed by atoms with Crippen LogP contribution in [0.3, 0.4) is 0 Å². The third-order valence-corrected chi connectivity index (χ3v) is 3.44. The highest BCUT2D eigenvalue weighted by Crippen LogP contribution is 2.37. The summed E-state index contributed by atoms with van der Waals surface area (Å²) >= 11 is 5.77. The number of benzene rings is 1. The van der Waals surface area contributed by atoms with Gasteiger partial charge in [0.1, 0.15) is 17.2 Å². The molecular weight excluding hydrogens is 274 g/mol. The SMILES string of the molecule is CC1(C)Cc2cccc(CNc3ccnc(Cl)n3)c2O1. The predicted molar refractivity (Wildman–Crippen MR) is 79.2 cm³/mol. The molecule has 20 heavy (non-hydrogen) atoms. The van der Waals surface area contributed by atoms with E-state index in [1.807, 2.05) is 0 Å².